The minimum Gasteiger partial charge on any atom is -0.466 e. The molecule has 0 radical (unpaired) electrons. The van der Waals surface area contributed by atoms with Gasteiger partial charge >= 0.3 is 17.8 Å². The van der Waals surface area contributed by atoms with Crippen molar-refractivity contribution in [3.63, 3.8) is 0 Å². The maximum Gasteiger partial charge on any atom is 0.390 e. The smallest absolute Gasteiger partial charge is 0.390 e. The fourth-order valence-electron chi connectivity index (χ4n) is 1.64. The largest absolute Gasteiger partial charge is 0.466 e. The molecular weight excluding hydrogens is 282 g/mol. The number of ether oxygens (including phenoxy) is 2. The summed E-state index contributed by atoms with van der Waals surface area (Å²) < 4.78 is 10.8. The normalized spacial score (nSPS) is 10.2. The highest BCUT2D eigenvalue weighted by atomic mass is 16.6. The number of nitro groups is 1. The van der Waals surface area contributed by atoms with E-state index >= 15 is 0 Å². The summed E-state index contributed by atoms with van der Waals surface area (Å²) in [5.41, 5.74) is -0.00703. The van der Waals surface area contributed by atoms with Gasteiger partial charge in [0, 0.05) is 6.42 Å². The molecule has 0 fully saturated rings. The number of hydrogen-bond acceptors (Lipinski definition) is 7. The Balaban J connectivity index is 2.76. The number of aromatic nitrogens is 2. The number of carbonyl (C=O) groups is 2. The molecule has 1 aromatic heterocycles. The molecular formula is C12H17N3O6. The zero-order chi connectivity index (χ0) is 15.8. The predicted molar refractivity (Wildman–Crippen MR) is 70.7 cm³/mol. The van der Waals surface area contributed by atoms with Crippen LogP contribution in [0.3, 0.4) is 0 Å². The van der Waals surface area contributed by atoms with Crippen LogP contribution in [-0.2, 0) is 20.8 Å². The molecule has 0 aliphatic rings. The van der Waals surface area contributed by atoms with Gasteiger partial charge in [-0.05, 0) is 25.2 Å². The van der Waals surface area contributed by atoms with E-state index in [0.717, 1.165) is 6.07 Å². The standard InChI is InChI=1S/C12H17N3O6/c1-3-20-11(16)6-5-7-14-9(12(17)21-4-2)8-10(13-14)15(18)19/h8H,3-7H2,1-2H3. The van der Waals surface area contributed by atoms with Gasteiger partial charge in [-0.15, -0.1) is 0 Å². The van der Waals surface area contributed by atoms with E-state index in [2.05, 4.69) is 5.10 Å². The van der Waals surface area contributed by atoms with Gasteiger partial charge in [0.05, 0.1) is 30.9 Å². The van der Waals surface area contributed by atoms with Crippen molar-refractivity contribution < 1.29 is 24.0 Å². The van der Waals surface area contributed by atoms with Crippen LogP contribution in [0.4, 0.5) is 5.82 Å². The molecule has 21 heavy (non-hydrogen) atoms. The fourth-order valence-corrected chi connectivity index (χ4v) is 1.64. The van der Waals surface area contributed by atoms with E-state index in [1.807, 2.05) is 0 Å². The molecule has 1 rings (SSSR count). The van der Waals surface area contributed by atoms with Crippen LogP contribution >= 0.6 is 0 Å². The molecule has 0 spiro atoms. The van der Waals surface area contributed by atoms with E-state index in [0.29, 0.717) is 13.0 Å². The second-order valence-corrected chi connectivity index (χ2v) is 4.00. The first kappa shape index (κ1) is 16.6. The molecule has 9 heteroatoms. The van der Waals surface area contributed by atoms with Gasteiger partial charge in [0.2, 0.25) is 0 Å². The molecule has 0 aliphatic heterocycles. The first-order valence-electron chi connectivity index (χ1n) is 6.54. The van der Waals surface area contributed by atoms with Crippen molar-refractivity contribution in [2.75, 3.05) is 13.2 Å². The third-order valence-electron chi connectivity index (χ3n) is 2.49. The van der Waals surface area contributed by atoms with Crippen molar-refractivity contribution in [3.8, 4) is 0 Å². The third-order valence-corrected chi connectivity index (χ3v) is 2.49. The monoisotopic (exact) mass is 299 g/mol. The summed E-state index contributed by atoms with van der Waals surface area (Å²) in [5.74, 6) is -1.49. The van der Waals surface area contributed by atoms with Gasteiger partial charge in [-0.25, -0.2) is 4.79 Å². The Labute approximate surface area is 121 Å². The van der Waals surface area contributed by atoms with Crippen molar-refractivity contribution in [1.82, 2.24) is 9.78 Å². The van der Waals surface area contributed by atoms with Crippen molar-refractivity contribution >= 4 is 17.8 Å². The highest BCUT2D eigenvalue weighted by molar-refractivity contribution is 5.88. The van der Waals surface area contributed by atoms with E-state index in [-0.39, 0.29) is 31.2 Å². The summed E-state index contributed by atoms with van der Waals surface area (Å²) in [5, 5.41) is 14.4. The Morgan fingerprint density at radius 3 is 2.57 bits per heavy atom. The minimum absolute atomic E-state index is 0.00703. The minimum atomic E-state index is -0.690. The maximum absolute atomic E-state index is 11.7. The number of aryl methyl sites for hydroxylation is 1. The molecule has 1 aromatic rings. The van der Waals surface area contributed by atoms with Gasteiger partial charge in [-0.3, -0.25) is 4.79 Å². The Kier molecular flexibility index (Phi) is 6.31. The highest BCUT2D eigenvalue weighted by Crippen LogP contribution is 2.14. The van der Waals surface area contributed by atoms with Crippen LogP contribution in [0.15, 0.2) is 6.07 Å². The molecule has 0 N–H and O–H groups in total. The molecule has 0 amide bonds. The predicted octanol–water partition coefficient (Wildman–Crippen LogP) is 1.31. The lowest BCUT2D eigenvalue weighted by Gasteiger charge is -2.03. The van der Waals surface area contributed by atoms with Crippen LogP contribution in [0.1, 0.15) is 37.2 Å². The SMILES string of the molecule is CCOC(=O)CCCn1nc([N+](=O)[O-])cc1C(=O)OCC. The summed E-state index contributed by atoms with van der Waals surface area (Å²) in [7, 11) is 0. The van der Waals surface area contributed by atoms with Crippen LogP contribution in [-0.4, -0.2) is 39.9 Å². The summed E-state index contributed by atoms with van der Waals surface area (Å²) in [6, 6.07) is 1.06. The van der Waals surface area contributed by atoms with Crippen molar-refractivity contribution in [2.24, 2.45) is 0 Å². The Morgan fingerprint density at radius 1 is 1.33 bits per heavy atom. The second kappa shape index (κ2) is 7.98. The molecule has 0 saturated carbocycles. The van der Waals surface area contributed by atoms with Crippen LogP contribution < -0.4 is 0 Å². The third kappa shape index (κ3) is 4.86. The van der Waals surface area contributed by atoms with Crippen molar-refractivity contribution in [1.29, 1.82) is 0 Å². The van der Waals surface area contributed by atoms with E-state index < -0.39 is 16.7 Å². The summed E-state index contributed by atoms with van der Waals surface area (Å²) in [4.78, 5) is 32.9. The Morgan fingerprint density at radius 2 is 2.00 bits per heavy atom. The lowest BCUT2D eigenvalue weighted by atomic mass is 10.3. The lowest BCUT2D eigenvalue weighted by molar-refractivity contribution is -0.389. The molecule has 116 valence electrons. The van der Waals surface area contributed by atoms with Crippen molar-refractivity contribution in [3.05, 3.63) is 21.9 Å². The van der Waals surface area contributed by atoms with Gasteiger partial charge in [-0.2, -0.15) is 4.68 Å². The summed E-state index contributed by atoms with van der Waals surface area (Å²) >= 11 is 0. The molecule has 0 saturated heterocycles. The maximum atomic E-state index is 11.7. The number of hydrogen-bond donors (Lipinski definition) is 0. The zero-order valence-electron chi connectivity index (χ0n) is 11.9. The Bertz CT molecular complexity index is 525. The van der Waals surface area contributed by atoms with E-state index in [4.69, 9.17) is 9.47 Å². The molecule has 0 bridgehead atoms. The topological polar surface area (TPSA) is 114 Å². The van der Waals surface area contributed by atoms with E-state index in [1.54, 1.807) is 13.8 Å². The number of nitrogens with zero attached hydrogens (tertiary/aromatic N) is 3. The van der Waals surface area contributed by atoms with Crippen LogP contribution in [0.5, 0.6) is 0 Å². The van der Waals surface area contributed by atoms with Gasteiger partial charge in [-0.1, -0.05) is 0 Å². The highest BCUT2D eigenvalue weighted by Gasteiger charge is 2.24. The number of carbonyl (C=O) groups excluding carboxylic acids is 2. The molecule has 0 atom stereocenters. The van der Waals surface area contributed by atoms with Gasteiger partial charge in [0.15, 0.2) is 5.69 Å². The van der Waals surface area contributed by atoms with Crippen LogP contribution in [0.2, 0.25) is 0 Å². The molecule has 0 aliphatic carbocycles. The molecule has 9 nitrogen and oxygen atoms in total. The Hall–Kier alpha value is -2.45. The van der Waals surface area contributed by atoms with Crippen LogP contribution in [0.25, 0.3) is 0 Å². The zero-order valence-corrected chi connectivity index (χ0v) is 11.9. The lowest BCUT2D eigenvalue weighted by Crippen LogP contribution is -2.14. The second-order valence-electron chi connectivity index (χ2n) is 4.00. The van der Waals surface area contributed by atoms with Crippen LogP contribution in [0, 0.1) is 10.1 Å². The van der Waals surface area contributed by atoms with E-state index in [1.165, 1.54) is 4.68 Å². The number of rotatable bonds is 8. The van der Waals surface area contributed by atoms with Gasteiger partial charge in [0.25, 0.3) is 0 Å². The first-order valence-corrected chi connectivity index (χ1v) is 6.54. The van der Waals surface area contributed by atoms with Crippen molar-refractivity contribution in [2.45, 2.75) is 33.2 Å². The quantitative estimate of drug-likeness (QED) is 0.404. The fraction of sp³-hybridized carbons (Fsp3) is 0.583. The summed E-state index contributed by atoms with van der Waals surface area (Å²) in [6.07, 6.45) is 0.494. The first-order chi connectivity index (χ1) is 9.99. The molecule has 0 aromatic carbocycles. The van der Waals surface area contributed by atoms with Gasteiger partial charge in [0.1, 0.15) is 0 Å². The average Bonchev–Trinajstić information content (AvgIpc) is 2.84. The molecule has 0 unspecified atom stereocenters. The molecule has 1 heterocycles. The average molecular weight is 299 g/mol. The van der Waals surface area contributed by atoms with E-state index in [9.17, 15) is 19.7 Å². The summed E-state index contributed by atoms with van der Waals surface area (Å²) in [6.45, 7) is 3.96. The van der Waals surface area contributed by atoms with Gasteiger partial charge < -0.3 is 19.6 Å². The number of esters is 2.